The predicted octanol–water partition coefficient (Wildman–Crippen LogP) is 4.52. The molecule has 0 bridgehead atoms. The molecule has 1 amide bonds. The van der Waals surface area contributed by atoms with E-state index in [0.29, 0.717) is 16.5 Å². The highest BCUT2D eigenvalue weighted by molar-refractivity contribution is 5.93. The van der Waals surface area contributed by atoms with Gasteiger partial charge in [0.25, 0.3) is 5.91 Å². The Bertz CT molecular complexity index is 1210. The zero-order valence-electron chi connectivity index (χ0n) is 15.5. The number of benzene rings is 2. The van der Waals surface area contributed by atoms with Gasteiger partial charge in [0.2, 0.25) is 0 Å². The van der Waals surface area contributed by atoms with Gasteiger partial charge in [-0.2, -0.15) is 13.2 Å². The van der Waals surface area contributed by atoms with Crippen LogP contribution in [0.3, 0.4) is 0 Å². The first-order valence-electron chi connectivity index (χ1n) is 9.04. The van der Waals surface area contributed by atoms with Gasteiger partial charge in [0.1, 0.15) is 11.4 Å². The van der Waals surface area contributed by atoms with Crippen molar-refractivity contribution in [3.63, 3.8) is 0 Å². The highest BCUT2D eigenvalue weighted by atomic mass is 19.4. The second-order valence-electron chi connectivity index (χ2n) is 6.65. The minimum absolute atomic E-state index is 0.0108. The van der Waals surface area contributed by atoms with E-state index in [2.05, 4.69) is 15.5 Å². The number of carbonyl (C=O) groups excluding carboxylic acids is 1. The summed E-state index contributed by atoms with van der Waals surface area (Å²) in [6.45, 7) is -0.0158. The summed E-state index contributed by atoms with van der Waals surface area (Å²) in [6.07, 6.45) is -4.54. The van der Waals surface area contributed by atoms with Crippen molar-refractivity contribution in [3.05, 3.63) is 71.5 Å². The third-order valence-corrected chi connectivity index (χ3v) is 4.63. The summed E-state index contributed by atoms with van der Waals surface area (Å²) in [4.78, 5) is 14.7. The van der Waals surface area contributed by atoms with E-state index in [0.717, 1.165) is 0 Å². The maximum absolute atomic E-state index is 13.4. The van der Waals surface area contributed by atoms with Crippen LogP contribution in [0.4, 0.5) is 13.2 Å². The van der Waals surface area contributed by atoms with Gasteiger partial charge in [-0.1, -0.05) is 35.5 Å². The predicted molar refractivity (Wildman–Crippen MR) is 103 cm³/mol. The molecular formula is C21H16F3N3O3. The fraction of sp³-hybridized carbons (Fsp3) is 0.143. The molecule has 0 saturated heterocycles. The Morgan fingerprint density at radius 1 is 1.13 bits per heavy atom. The van der Waals surface area contributed by atoms with Crippen LogP contribution >= 0.6 is 0 Å². The fourth-order valence-corrected chi connectivity index (χ4v) is 3.27. The average Bonchev–Trinajstić information content (AvgIpc) is 3.33. The van der Waals surface area contributed by atoms with Gasteiger partial charge in [-0.25, -0.2) is 0 Å². The van der Waals surface area contributed by atoms with Crippen LogP contribution in [0.1, 0.15) is 21.7 Å². The summed E-state index contributed by atoms with van der Waals surface area (Å²) in [6, 6.07) is 14.1. The number of hydrogen-bond donors (Lipinski definition) is 3. The van der Waals surface area contributed by atoms with E-state index in [9.17, 15) is 23.1 Å². The van der Waals surface area contributed by atoms with Gasteiger partial charge in [-0.05, 0) is 30.2 Å². The van der Waals surface area contributed by atoms with Crippen molar-refractivity contribution in [2.24, 2.45) is 0 Å². The van der Waals surface area contributed by atoms with Crippen LogP contribution in [-0.4, -0.2) is 27.7 Å². The number of alkyl halides is 3. The molecule has 0 fully saturated rings. The summed E-state index contributed by atoms with van der Waals surface area (Å²) in [5, 5.41) is 16.2. The van der Waals surface area contributed by atoms with Crippen molar-refractivity contribution in [1.29, 1.82) is 0 Å². The van der Waals surface area contributed by atoms with Crippen LogP contribution in [0.15, 0.2) is 59.1 Å². The van der Waals surface area contributed by atoms with Crippen LogP contribution in [0.2, 0.25) is 0 Å². The molecule has 4 aromatic rings. The summed E-state index contributed by atoms with van der Waals surface area (Å²) < 4.78 is 45.2. The number of amides is 1. The van der Waals surface area contributed by atoms with Gasteiger partial charge >= 0.3 is 6.18 Å². The Morgan fingerprint density at radius 3 is 2.70 bits per heavy atom. The number of fused-ring (bicyclic) bond motifs is 1. The fourth-order valence-electron chi connectivity index (χ4n) is 3.27. The molecule has 4 rings (SSSR count). The molecule has 0 saturated carbocycles. The zero-order valence-corrected chi connectivity index (χ0v) is 15.5. The summed E-state index contributed by atoms with van der Waals surface area (Å²) >= 11 is 0. The van der Waals surface area contributed by atoms with Crippen LogP contribution in [-0.2, 0) is 12.6 Å². The monoisotopic (exact) mass is 415 g/mol. The molecule has 0 aliphatic heterocycles. The summed E-state index contributed by atoms with van der Waals surface area (Å²) in [5.74, 6) is -0.250. The van der Waals surface area contributed by atoms with Gasteiger partial charge in [-0.3, -0.25) is 4.79 Å². The van der Waals surface area contributed by atoms with Gasteiger partial charge < -0.3 is 19.9 Å². The van der Waals surface area contributed by atoms with E-state index in [1.807, 2.05) is 0 Å². The molecule has 9 heteroatoms. The van der Waals surface area contributed by atoms with Gasteiger partial charge in [0.15, 0.2) is 11.5 Å². The molecule has 154 valence electrons. The van der Waals surface area contributed by atoms with Crippen LogP contribution in [0.25, 0.3) is 22.2 Å². The molecule has 6 nitrogen and oxygen atoms in total. The van der Waals surface area contributed by atoms with E-state index in [1.54, 1.807) is 36.4 Å². The maximum atomic E-state index is 13.4. The zero-order chi connectivity index (χ0) is 21.3. The lowest BCUT2D eigenvalue weighted by Crippen LogP contribution is -2.26. The van der Waals surface area contributed by atoms with Crippen molar-refractivity contribution < 1.29 is 27.6 Å². The second kappa shape index (κ2) is 7.58. The van der Waals surface area contributed by atoms with E-state index >= 15 is 0 Å². The van der Waals surface area contributed by atoms with Crippen LogP contribution in [0.5, 0.6) is 5.75 Å². The van der Waals surface area contributed by atoms with Gasteiger partial charge in [0, 0.05) is 29.1 Å². The molecule has 30 heavy (non-hydrogen) atoms. The number of rotatable bonds is 5. The summed E-state index contributed by atoms with van der Waals surface area (Å²) in [5.41, 5.74) is 0.196. The third-order valence-electron chi connectivity index (χ3n) is 4.63. The largest absolute Gasteiger partial charge is 0.508 e. The number of nitrogens with zero attached hydrogens (tertiary/aromatic N) is 1. The molecule has 0 aliphatic rings. The van der Waals surface area contributed by atoms with E-state index < -0.39 is 17.8 Å². The molecule has 0 aliphatic carbocycles. The Balaban J connectivity index is 1.47. The van der Waals surface area contributed by atoms with Crippen molar-refractivity contribution in [2.45, 2.75) is 12.6 Å². The standard InChI is InChI=1S/C21H16F3N3O3/c22-21(23,24)19-15(14-6-1-2-7-16(14)26-19)8-9-25-20(29)17-11-18(30-27-17)12-4-3-5-13(28)10-12/h1-7,10-11,26,28H,8-9H2,(H,25,29). The molecule has 0 atom stereocenters. The Labute approximate surface area is 168 Å². The topological polar surface area (TPSA) is 91.2 Å². The molecule has 2 aromatic carbocycles. The normalized spacial score (nSPS) is 11.7. The molecule has 3 N–H and O–H groups in total. The first-order chi connectivity index (χ1) is 14.3. The third kappa shape index (κ3) is 3.86. The molecule has 0 unspecified atom stereocenters. The second-order valence-corrected chi connectivity index (χ2v) is 6.65. The Hall–Kier alpha value is -3.75. The van der Waals surface area contributed by atoms with Crippen molar-refractivity contribution >= 4 is 16.8 Å². The number of nitrogens with one attached hydrogen (secondary N) is 2. The molecule has 2 aromatic heterocycles. The molecule has 2 heterocycles. The number of carbonyl (C=O) groups is 1. The van der Waals surface area contributed by atoms with Crippen molar-refractivity contribution in [3.8, 4) is 17.1 Å². The van der Waals surface area contributed by atoms with Crippen molar-refractivity contribution in [1.82, 2.24) is 15.5 Å². The average molecular weight is 415 g/mol. The number of halogens is 3. The minimum atomic E-state index is -4.53. The number of para-hydroxylation sites is 1. The van der Waals surface area contributed by atoms with Crippen LogP contribution in [0, 0.1) is 0 Å². The number of phenols is 1. The lowest BCUT2D eigenvalue weighted by atomic mass is 10.1. The highest BCUT2D eigenvalue weighted by Gasteiger charge is 2.36. The number of aromatic hydroxyl groups is 1. The molecule has 0 radical (unpaired) electrons. The lowest BCUT2D eigenvalue weighted by Gasteiger charge is -2.09. The first kappa shape index (κ1) is 19.6. The van der Waals surface area contributed by atoms with E-state index in [1.165, 1.54) is 18.2 Å². The molecular weight excluding hydrogens is 399 g/mol. The van der Waals surface area contributed by atoms with E-state index in [4.69, 9.17) is 4.52 Å². The Kier molecular flexibility index (Phi) is 4.94. The summed E-state index contributed by atoms with van der Waals surface area (Å²) in [7, 11) is 0. The van der Waals surface area contributed by atoms with Crippen LogP contribution < -0.4 is 5.32 Å². The molecule has 0 spiro atoms. The number of aromatic amines is 1. The smallest absolute Gasteiger partial charge is 0.431 e. The van der Waals surface area contributed by atoms with Gasteiger partial charge in [-0.15, -0.1) is 0 Å². The maximum Gasteiger partial charge on any atom is 0.431 e. The lowest BCUT2D eigenvalue weighted by molar-refractivity contribution is -0.141. The number of aromatic nitrogens is 2. The Morgan fingerprint density at radius 2 is 1.93 bits per heavy atom. The van der Waals surface area contributed by atoms with Crippen molar-refractivity contribution in [2.75, 3.05) is 6.54 Å². The quantitative estimate of drug-likeness (QED) is 0.447. The number of H-pyrrole nitrogens is 1. The SMILES string of the molecule is O=C(NCCc1c(C(F)(F)F)[nH]c2ccccc12)c1cc(-c2cccc(O)c2)on1. The first-order valence-corrected chi connectivity index (χ1v) is 9.04. The van der Waals surface area contributed by atoms with E-state index in [-0.39, 0.29) is 35.7 Å². The highest BCUT2D eigenvalue weighted by Crippen LogP contribution is 2.35. The number of phenolic OH excluding ortho intramolecular Hbond substituents is 1. The number of hydrogen-bond acceptors (Lipinski definition) is 4. The minimum Gasteiger partial charge on any atom is -0.508 e. The van der Waals surface area contributed by atoms with Gasteiger partial charge in [0.05, 0.1) is 0 Å².